The fraction of sp³-hybridized carbons (Fsp3) is 0.235. The van der Waals surface area contributed by atoms with Gasteiger partial charge in [-0.1, -0.05) is 29.3 Å². The van der Waals surface area contributed by atoms with E-state index in [1.165, 1.54) is 24.3 Å². The second-order valence-electron chi connectivity index (χ2n) is 5.40. The first-order valence-corrected chi connectivity index (χ1v) is 10.0. The highest BCUT2D eigenvalue weighted by Crippen LogP contribution is 2.33. The van der Waals surface area contributed by atoms with E-state index in [0.717, 1.165) is 0 Å². The minimum Gasteiger partial charge on any atom is -0.486 e. The molecular weight excluding hydrogens is 403 g/mol. The lowest BCUT2D eigenvalue weighted by molar-refractivity contribution is -0.133. The van der Waals surface area contributed by atoms with Gasteiger partial charge in [-0.25, -0.2) is 8.42 Å². The molecule has 0 saturated carbocycles. The highest BCUT2D eigenvalue weighted by Gasteiger charge is 2.21. The number of halogens is 2. The molecule has 3 rings (SSSR count). The summed E-state index contributed by atoms with van der Waals surface area (Å²) in [6, 6.07) is 8.94. The van der Waals surface area contributed by atoms with Crippen LogP contribution in [-0.4, -0.2) is 33.4 Å². The number of sulfone groups is 1. The number of benzene rings is 2. The van der Waals surface area contributed by atoms with E-state index in [4.69, 9.17) is 37.4 Å². The summed E-state index contributed by atoms with van der Waals surface area (Å²) in [5.41, 5.74) is 0. The van der Waals surface area contributed by atoms with Crippen molar-refractivity contribution in [1.82, 2.24) is 0 Å². The van der Waals surface area contributed by atoms with Crippen molar-refractivity contribution < 1.29 is 27.4 Å². The van der Waals surface area contributed by atoms with Gasteiger partial charge in [0.05, 0.1) is 22.1 Å². The molecule has 1 aliphatic rings. The van der Waals surface area contributed by atoms with Crippen LogP contribution in [0.5, 0.6) is 17.2 Å². The van der Waals surface area contributed by atoms with E-state index in [-0.39, 0.29) is 27.1 Å². The molecule has 26 heavy (non-hydrogen) atoms. The van der Waals surface area contributed by atoms with E-state index in [9.17, 15) is 13.2 Å². The van der Waals surface area contributed by atoms with Gasteiger partial charge in [-0.3, -0.25) is 4.79 Å². The highest BCUT2D eigenvalue weighted by molar-refractivity contribution is 7.91. The van der Waals surface area contributed by atoms with Crippen molar-refractivity contribution in [2.24, 2.45) is 0 Å². The zero-order valence-corrected chi connectivity index (χ0v) is 15.7. The first kappa shape index (κ1) is 18.8. The van der Waals surface area contributed by atoms with E-state index in [1.54, 1.807) is 12.1 Å². The summed E-state index contributed by atoms with van der Waals surface area (Å²) in [6.07, 6.45) is -0.334. The Bertz CT molecular complexity index is 942. The van der Waals surface area contributed by atoms with Gasteiger partial charge < -0.3 is 14.2 Å². The Balaban J connectivity index is 1.66. The number of hydrogen-bond donors (Lipinski definition) is 0. The van der Waals surface area contributed by atoms with Crippen LogP contribution >= 0.6 is 23.2 Å². The van der Waals surface area contributed by atoms with E-state index < -0.39 is 21.6 Å². The molecule has 1 aliphatic heterocycles. The lowest BCUT2D eigenvalue weighted by Gasteiger charge is -2.18. The van der Waals surface area contributed by atoms with Crippen molar-refractivity contribution >= 4 is 39.0 Å². The molecule has 2 aromatic rings. The lowest BCUT2D eigenvalue weighted by Crippen LogP contribution is -2.17. The number of ether oxygens (including phenoxy) is 3. The predicted molar refractivity (Wildman–Crippen MR) is 96.2 cm³/mol. The Hall–Kier alpha value is -1.96. The molecule has 0 radical (unpaired) electrons. The van der Waals surface area contributed by atoms with Gasteiger partial charge in [-0.15, -0.1) is 0 Å². The van der Waals surface area contributed by atoms with E-state index in [1.807, 2.05) is 0 Å². The Morgan fingerprint density at radius 1 is 1.08 bits per heavy atom. The summed E-state index contributed by atoms with van der Waals surface area (Å²) in [5, 5.41) is 0.332. The Kier molecular flexibility index (Phi) is 5.60. The molecule has 0 fully saturated rings. The van der Waals surface area contributed by atoms with Gasteiger partial charge in [0.1, 0.15) is 18.2 Å². The van der Waals surface area contributed by atoms with Gasteiger partial charge >= 0.3 is 5.97 Å². The zero-order chi connectivity index (χ0) is 18.7. The van der Waals surface area contributed by atoms with E-state index >= 15 is 0 Å². The quantitative estimate of drug-likeness (QED) is 0.547. The lowest BCUT2D eigenvalue weighted by atomic mass is 10.3. The summed E-state index contributed by atoms with van der Waals surface area (Å²) in [4.78, 5) is 12.0. The molecule has 9 heteroatoms. The molecule has 0 aliphatic carbocycles. The second-order valence-corrected chi connectivity index (χ2v) is 8.29. The van der Waals surface area contributed by atoms with Crippen LogP contribution in [0.15, 0.2) is 41.3 Å². The molecular formula is C17H14Cl2O6S. The molecule has 0 bridgehead atoms. The van der Waals surface area contributed by atoms with Gasteiger partial charge in [-0.2, -0.15) is 0 Å². The number of rotatable bonds is 5. The van der Waals surface area contributed by atoms with Crippen LogP contribution in [0, 0.1) is 0 Å². The minimum atomic E-state index is -3.69. The molecule has 1 heterocycles. The number of esters is 1. The number of carbonyl (C=O) groups is 1. The summed E-state index contributed by atoms with van der Waals surface area (Å²) >= 11 is 11.8. The van der Waals surface area contributed by atoms with Crippen LogP contribution in [0.1, 0.15) is 6.42 Å². The molecule has 0 atom stereocenters. The zero-order valence-electron chi connectivity index (χ0n) is 13.4. The van der Waals surface area contributed by atoms with Crippen molar-refractivity contribution in [1.29, 1.82) is 0 Å². The first-order chi connectivity index (χ1) is 12.4. The SMILES string of the molecule is O=C(CCS(=O)(=O)c1ccc2c(c1)OCCO2)Oc1cccc(Cl)c1Cl. The van der Waals surface area contributed by atoms with Crippen molar-refractivity contribution in [2.75, 3.05) is 19.0 Å². The third-order valence-electron chi connectivity index (χ3n) is 3.59. The Morgan fingerprint density at radius 3 is 2.58 bits per heavy atom. The van der Waals surface area contributed by atoms with Crippen molar-refractivity contribution in [2.45, 2.75) is 11.3 Å². The van der Waals surface area contributed by atoms with Crippen molar-refractivity contribution in [3.63, 3.8) is 0 Å². The third-order valence-corrected chi connectivity index (χ3v) is 6.10. The molecule has 0 saturated heterocycles. The predicted octanol–water partition coefficient (Wildman–Crippen LogP) is 3.53. The van der Waals surface area contributed by atoms with Crippen LogP contribution < -0.4 is 14.2 Å². The smallest absolute Gasteiger partial charge is 0.312 e. The molecule has 6 nitrogen and oxygen atoms in total. The largest absolute Gasteiger partial charge is 0.486 e. The number of carbonyl (C=O) groups excluding carboxylic acids is 1. The fourth-order valence-electron chi connectivity index (χ4n) is 2.29. The number of hydrogen-bond acceptors (Lipinski definition) is 6. The van der Waals surface area contributed by atoms with Crippen LogP contribution in [0.3, 0.4) is 0 Å². The summed E-state index contributed by atoms with van der Waals surface area (Å²) in [7, 11) is -3.69. The number of fused-ring (bicyclic) bond motifs is 1. The van der Waals surface area contributed by atoms with Crippen LogP contribution in [0.25, 0.3) is 0 Å². The van der Waals surface area contributed by atoms with Crippen LogP contribution in [-0.2, 0) is 14.6 Å². The minimum absolute atomic E-state index is 0.0512. The van der Waals surface area contributed by atoms with Crippen LogP contribution in [0.4, 0.5) is 0 Å². The molecule has 2 aromatic carbocycles. The van der Waals surface area contributed by atoms with Crippen molar-refractivity contribution in [3.05, 3.63) is 46.4 Å². The maximum atomic E-state index is 12.4. The van der Waals surface area contributed by atoms with Crippen LogP contribution in [0.2, 0.25) is 10.0 Å². The van der Waals surface area contributed by atoms with Gasteiger partial charge in [0.15, 0.2) is 27.1 Å². The maximum absolute atomic E-state index is 12.4. The fourth-order valence-corrected chi connectivity index (χ4v) is 3.85. The Labute approximate surface area is 160 Å². The topological polar surface area (TPSA) is 78.9 Å². The molecule has 0 spiro atoms. The van der Waals surface area contributed by atoms with Crippen molar-refractivity contribution in [3.8, 4) is 17.2 Å². The average molecular weight is 417 g/mol. The molecule has 0 aromatic heterocycles. The summed E-state index contributed by atoms with van der Waals surface area (Å²) in [6.45, 7) is 0.764. The molecule has 0 N–H and O–H groups in total. The maximum Gasteiger partial charge on any atom is 0.312 e. The molecule has 0 unspecified atom stereocenters. The summed E-state index contributed by atoms with van der Waals surface area (Å²) in [5.74, 6) is -0.198. The average Bonchev–Trinajstić information content (AvgIpc) is 2.63. The second kappa shape index (κ2) is 7.73. The van der Waals surface area contributed by atoms with Gasteiger partial charge in [0.25, 0.3) is 0 Å². The van der Waals surface area contributed by atoms with Gasteiger partial charge in [0.2, 0.25) is 0 Å². The van der Waals surface area contributed by atoms with Gasteiger partial charge in [-0.05, 0) is 24.3 Å². The third kappa shape index (κ3) is 4.23. The monoisotopic (exact) mass is 416 g/mol. The van der Waals surface area contributed by atoms with E-state index in [0.29, 0.717) is 24.7 Å². The standard InChI is InChI=1S/C17H14Cl2O6S/c18-12-2-1-3-14(17(12)19)25-16(20)6-9-26(21,22)11-4-5-13-15(10-11)24-8-7-23-13/h1-5,10H,6-9H2. The van der Waals surface area contributed by atoms with E-state index in [2.05, 4.69) is 0 Å². The summed E-state index contributed by atoms with van der Waals surface area (Å²) < 4.78 is 40.7. The molecule has 138 valence electrons. The normalized spacial score (nSPS) is 13.3. The Morgan fingerprint density at radius 2 is 1.81 bits per heavy atom. The van der Waals surface area contributed by atoms with Gasteiger partial charge in [0, 0.05) is 6.07 Å². The first-order valence-electron chi connectivity index (χ1n) is 7.64. The molecule has 0 amide bonds. The highest BCUT2D eigenvalue weighted by atomic mass is 35.5.